The number of likely N-dealkylation sites (N-methyl/N-ethyl adjacent to an activating group) is 1. The van der Waals surface area contributed by atoms with Gasteiger partial charge in [-0.25, -0.2) is 12.7 Å². The fourth-order valence-electron chi connectivity index (χ4n) is 2.70. The number of aromatic nitrogens is 2. The minimum Gasteiger partial charge on any atom is -0.497 e. The van der Waals surface area contributed by atoms with Gasteiger partial charge in [0.2, 0.25) is 10.0 Å². The van der Waals surface area contributed by atoms with Gasteiger partial charge >= 0.3 is 0 Å². The second-order valence-corrected chi connectivity index (χ2v) is 8.59. The maximum absolute atomic E-state index is 12.7. The van der Waals surface area contributed by atoms with Crippen LogP contribution in [0, 0.1) is 0 Å². The van der Waals surface area contributed by atoms with Gasteiger partial charge in [0, 0.05) is 20.0 Å². The van der Waals surface area contributed by atoms with E-state index in [9.17, 15) is 8.42 Å². The Morgan fingerprint density at radius 1 is 0.968 bits per heavy atom. The number of methoxy groups -OCH3 is 1. The van der Waals surface area contributed by atoms with Gasteiger partial charge in [-0.3, -0.25) is 0 Å². The summed E-state index contributed by atoms with van der Waals surface area (Å²) in [5.41, 5.74) is 0. The molecule has 1 aromatic heterocycles. The Morgan fingerprint density at radius 2 is 1.58 bits per heavy atom. The molecule has 3 aromatic rings. The maximum Gasteiger partial charge on any atom is 0.264 e. The highest BCUT2D eigenvalue weighted by Gasteiger charge is 2.21. The smallest absolute Gasteiger partial charge is 0.264 e. The van der Waals surface area contributed by atoms with Crippen LogP contribution in [0.3, 0.4) is 0 Å². The molecule has 0 radical (unpaired) electrons. The monoisotopic (exact) mass is 447 g/mol. The standard InChI is InChI=1S/C21H25N3O6S/c1-4-28-17-9-11-19(12-10-17)31(25,26)24(2)14-13-20-22-21(30-23-20)15-29-18-7-5-16(27-3)6-8-18/h5-12H,4,13-15H2,1-3H3. The molecular weight excluding hydrogens is 422 g/mol. The molecule has 0 amide bonds. The van der Waals surface area contributed by atoms with Gasteiger partial charge in [-0.2, -0.15) is 4.98 Å². The molecule has 0 aliphatic carbocycles. The molecule has 0 bridgehead atoms. The number of nitrogens with zero attached hydrogens (tertiary/aromatic N) is 3. The van der Waals surface area contributed by atoms with Crippen LogP contribution in [0.5, 0.6) is 17.2 Å². The summed E-state index contributed by atoms with van der Waals surface area (Å²) in [7, 11) is -0.522. The summed E-state index contributed by atoms with van der Waals surface area (Å²) in [5.74, 6) is 2.71. The van der Waals surface area contributed by atoms with Crippen molar-refractivity contribution in [2.24, 2.45) is 0 Å². The van der Waals surface area contributed by atoms with Crippen LogP contribution in [0.4, 0.5) is 0 Å². The minimum atomic E-state index is -3.63. The first kappa shape index (κ1) is 22.6. The number of rotatable bonds is 11. The Balaban J connectivity index is 1.52. The van der Waals surface area contributed by atoms with Crippen molar-refractivity contribution < 1.29 is 27.2 Å². The summed E-state index contributed by atoms with van der Waals surface area (Å²) >= 11 is 0. The number of benzene rings is 2. The van der Waals surface area contributed by atoms with Crippen LogP contribution < -0.4 is 14.2 Å². The summed E-state index contributed by atoms with van der Waals surface area (Å²) in [6.45, 7) is 2.70. The average Bonchev–Trinajstić information content (AvgIpc) is 3.25. The van der Waals surface area contributed by atoms with Gasteiger partial charge in [0.25, 0.3) is 5.89 Å². The van der Waals surface area contributed by atoms with E-state index < -0.39 is 10.0 Å². The minimum absolute atomic E-state index is 0.111. The molecule has 0 spiro atoms. The number of sulfonamides is 1. The zero-order valence-corrected chi connectivity index (χ0v) is 18.5. The highest BCUT2D eigenvalue weighted by molar-refractivity contribution is 7.89. The van der Waals surface area contributed by atoms with Crippen molar-refractivity contribution in [1.82, 2.24) is 14.4 Å². The second-order valence-electron chi connectivity index (χ2n) is 6.55. The normalized spacial score (nSPS) is 11.5. The van der Waals surface area contributed by atoms with Gasteiger partial charge in [0.05, 0.1) is 18.6 Å². The first-order valence-corrected chi connectivity index (χ1v) is 11.1. The van der Waals surface area contributed by atoms with Crippen molar-refractivity contribution in [1.29, 1.82) is 0 Å². The Bertz CT molecular complexity index is 1070. The van der Waals surface area contributed by atoms with Gasteiger partial charge in [-0.15, -0.1) is 0 Å². The highest BCUT2D eigenvalue weighted by Crippen LogP contribution is 2.20. The van der Waals surface area contributed by atoms with Crippen molar-refractivity contribution in [2.75, 3.05) is 27.3 Å². The van der Waals surface area contributed by atoms with Crippen LogP contribution in [0.25, 0.3) is 0 Å². The molecule has 3 rings (SSSR count). The quantitative estimate of drug-likeness (QED) is 0.442. The first-order chi connectivity index (χ1) is 14.9. The van der Waals surface area contributed by atoms with E-state index in [4.69, 9.17) is 18.7 Å². The van der Waals surface area contributed by atoms with Crippen molar-refractivity contribution in [2.45, 2.75) is 24.8 Å². The van der Waals surface area contributed by atoms with Crippen LogP contribution >= 0.6 is 0 Å². The lowest BCUT2D eigenvalue weighted by Crippen LogP contribution is -2.29. The first-order valence-electron chi connectivity index (χ1n) is 9.70. The second kappa shape index (κ2) is 10.3. The van der Waals surface area contributed by atoms with E-state index >= 15 is 0 Å². The van der Waals surface area contributed by atoms with Crippen molar-refractivity contribution in [3.8, 4) is 17.2 Å². The summed E-state index contributed by atoms with van der Waals surface area (Å²) in [6, 6.07) is 13.5. The van der Waals surface area contributed by atoms with Crippen LogP contribution in [-0.2, 0) is 23.1 Å². The van der Waals surface area contributed by atoms with Crippen LogP contribution in [0.2, 0.25) is 0 Å². The lowest BCUT2D eigenvalue weighted by Gasteiger charge is -2.16. The van der Waals surface area contributed by atoms with E-state index in [-0.39, 0.29) is 18.0 Å². The molecule has 31 heavy (non-hydrogen) atoms. The van der Waals surface area contributed by atoms with E-state index in [0.717, 1.165) is 5.75 Å². The number of hydrogen-bond acceptors (Lipinski definition) is 8. The molecule has 166 valence electrons. The van der Waals surface area contributed by atoms with Gasteiger partial charge in [-0.05, 0) is 55.5 Å². The maximum atomic E-state index is 12.7. The van der Waals surface area contributed by atoms with Gasteiger partial charge < -0.3 is 18.7 Å². The van der Waals surface area contributed by atoms with Gasteiger partial charge in [-0.1, -0.05) is 5.16 Å². The SMILES string of the molecule is CCOc1ccc(S(=O)(=O)N(C)CCc2noc(COc3ccc(OC)cc3)n2)cc1. The zero-order chi connectivity index (χ0) is 22.3. The lowest BCUT2D eigenvalue weighted by molar-refractivity contribution is 0.242. The third-order valence-electron chi connectivity index (χ3n) is 4.43. The summed E-state index contributed by atoms with van der Waals surface area (Å²) < 4.78 is 47.9. The molecule has 0 saturated heterocycles. The molecule has 1 heterocycles. The Kier molecular flexibility index (Phi) is 7.48. The molecule has 9 nitrogen and oxygen atoms in total. The largest absolute Gasteiger partial charge is 0.497 e. The van der Waals surface area contributed by atoms with E-state index in [1.807, 2.05) is 6.92 Å². The molecule has 0 aliphatic heterocycles. The molecule has 0 saturated carbocycles. The number of ether oxygens (including phenoxy) is 3. The van der Waals surface area contributed by atoms with Gasteiger partial charge in [0.15, 0.2) is 12.4 Å². The Hall–Kier alpha value is -3.11. The topological polar surface area (TPSA) is 104 Å². The molecule has 0 atom stereocenters. The van der Waals surface area contributed by atoms with E-state index in [1.165, 1.54) is 23.5 Å². The lowest BCUT2D eigenvalue weighted by atomic mass is 10.3. The number of hydrogen-bond donors (Lipinski definition) is 0. The summed E-state index contributed by atoms with van der Waals surface area (Å²) in [6.07, 6.45) is 0.304. The molecule has 0 aliphatic rings. The molecule has 2 aromatic carbocycles. The Morgan fingerprint density at radius 3 is 2.23 bits per heavy atom. The highest BCUT2D eigenvalue weighted by atomic mass is 32.2. The third kappa shape index (κ3) is 5.96. The average molecular weight is 448 g/mol. The van der Waals surface area contributed by atoms with E-state index in [0.29, 0.717) is 36.2 Å². The molecule has 0 fully saturated rings. The van der Waals surface area contributed by atoms with E-state index in [2.05, 4.69) is 10.1 Å². The predicted molar refractivity (Wildman–Crippen MR) is 113 cm³/mol. The van der Waals surface area contributed by atoms with Crippen LogP contribution in [0.15, 0.2) is 57.9 Å². The third-order valence-corrected chi connectivity index (χ3v) is 6.30. The van der Waals surface area contributed by atoms with Crippen molar-refractivity contribution in [3.63, 3.8) is 0 Å². The molecule has 0 unspecified atom stereocenters. The van der Waals surface area contributed by atoms with E-state index in [1.54, 1.807) is 43.5 Å². The van der Waals surface area contributed by atoms with Gasteiger partial charge in [0.1, 0.15) is 17.2 Å². The van der Waals surface area contributed by atoms with Crippen LogP contribution in [0.1, 0.15) is 18.6 Å². The van der Waals surface area contributed by atoms with Crippen molar-refractivity contribution in [3.05, 3.63) is 60.2 Å². The molecular formula is C21H25N3O6S. The molecule has 0 N–H and O–H groups in total. The summed E-state index contributed by atoms with van der Waals surface area (Å²) in [4.78, 5) is 4.45. The molecule has 10 heteroatoms. The summed E-state index contributed by atoms with van der Waals surface area (Å²) in [5, 5.41) is 3.89. The fourth-order valence-corrected chi connectivity index (χ4v) is 3.87. The Labute approximate surface area is 181 Å². The van der Waals surface area contributed by atoms with Crippen molar-refractivity contribution >= 4 is 10.0 Å². The predicted octanol–water partition coefficient (Wildman–Crippen LogP) is 2.92. The zero-order valence-electron chi connectivity index (χ0n) is 17.6. The van der Waals surface area contributed by atoms with Crippen LogP contribution in [-0.4, -0.2) is 50.2 Å². The fraction of sp³-hybridized carbons (Fsp3) is 0.333.